The van der Waals surface area contributed by atoms with Crippen molar-refractivity contribution in [3.05, 3.63) is 29.3 Å². The largest absolute Gasteiger partial charge is 0.317 e. The van der Waals surface area contributed by atoms with Crippen molar-refractivity contribution in [3.8, 4) is 0 Å². The van der Waals surface area contributed by atoms with Crippen molar-refractivity contribution in [2.45, 2.75) is 49.3 Å². The Balaban J connectivity index is 1.99. The minimum absolute atomic E-state index is 0.739. The van der Waals surface area contributed by atoms with Gasteiger partial charge >= 0.3 is 0 Å². The van der Waals surface area contributed by atoms with Crippen molar-refractivity contribution in [2.24, 2.45) is 0 Å². The molecule has 1 aliphatic rings. The van der Waals surface area contributed by atoms with Gasteiger partial charge in [0.1, 0.15) is 0 Å². The molecule has 2 atom stereocenters. The van der Waals surface area contributed by atoms with E-state index in [0.29, 0.717) is 0 Å². The summed E-state index contributed by atoms with van der Waals surface area (Å²) < 4.78 is 0. The molecule has 1 nitrogen and oxygen atoms in total. The zero-order valence-electron chi connectivity index (χ0n) is 10.4. The summed E-state index contributed by atoms with van der Waals surface area (Å²) in [7, 11) is 2.08. The highest BCUT2D eigenvalue weighted by molar-refractivity contribution is 8.00. The van der Waals surface area contributed by atoms with Crippen LogP contribution < -0.4 is 5.32 Å². The van der Waals surface area contributed by atoms with E-state index in [4.69, 9.17) is 0 Å². The van der Waals surface area contributed by atoms with Gasteiger partial charge in [-0.25, -0.2) is 0 Å². The Labute approximate surface area is 103 Å². The van der Waals surface area contributed by atoms with Gasteiger partial charge < -0.3 is 5.32 Å². The van der Waals surface area contributed by atoms with Gasteiger partial charge in [0.2, 0.25) is 0 Å². The van der Waals surface area contributed by atoms with E-state index >= 15 is 0 Å². The van der Waals surface area contributed by atoms with Crippen LogP contribution >= 0.6 is 11.8 Å². The standard InChI is InChI=1S/C14H21NS/c1-10-4-7-14(11(2)8-10)16-13-6-5-12(9-13)15-3/h4,7-8,12-13,15H,5-6,9H2,1-3H3. The van der Waals surface area contributed by atoms with Crippen LogP contribution in [0.15, 0.2) is 23.1 Å². The van der Waals surface area contributed by atoms with Gasteiger partial charge in [-0.3, -0.25) is 0 Å². The predicted octanol–water partition coefficient (Wildman–Crippen LogP) is 3.54. The Bertz CT molecular complexity index is 362. The first-order chi connectivity index (χ1) is 7.69. The van der Waals surface area contributed by atoms with Crippen LogP contribution in [0.1, 0.15) is 30.4 Å². The maximum absolute atomic E-state index is 3.39. The van der Waals surface area contributed by atoms with Crippen molar-refractivity contribution in [1.29, 1.82) is 0 Å². The molecule has 1 saturated carbocycles. The fraction of sp³-hybridized carbons (Fsp3) is 0.571. The Hall–Kier alpha value is -0.470. The topological polar surface area (TPSA) is 12.0 Å². The van der Waals surface area contributed by atoms with Crippen LogP contribution in [0.4, 0.5) is 0 Å². The van der Waals surface area contributed by atoms with Crippen LogP contribution in [0.5, 0.6) is 0 Å². The molecule has 2 heteroatoms. The van der Waals surface area contributed by atoms with Crippen LogP contribution in [0, 0.1) is 13.8 Å². The average Bonchev–Trinajstić information content (AvgIpc) is 2.70. The first kappa shape index (κ1) is 12.0. The van der Waals surface area contributed by atoms with Gasteiger partial charge in [0.05, 0.1) is 0 Å². The minimum atomic E-state index is 0.739. The third-order valence-corrected chi connectivity index (χ3v) is 4.89. The summed E-state index contributed by atoms with van der Waals surface area (Å²) in [5.41, 5.74) is 2.79. The van der Waals surface area contributed by atoms with E-state index in [2.05, 4.69) is 56.2 Å². The molecule has 0 aromatic heterocycles. The number of benzene rings is 1. The molecule has 2 rings (SSSR count). The lowest BCUT2D eigenvalue weighted by Crippen LogP contribution is -2.21. The summed E-state index contributed by atoms with van der Waals surface area (Å²) in [6.07, 6.45) is 4.00. The molecular weight excluding hydrogens is 214 g/mol. The van der Waals surface area contributed by atoms with Gasteiger partial charge in [-0.1, -0.05) is 17.7 Å². The van der Waals surface area contributed by atoms with Gasteiger partial charge in [0.15, 0.2) is 0 Å². The van der Waals surface area contributed by atoms with Gasteiger partial charge in [0, 0.05) is 16.2 Å². The highest BCUT2D eigenvalue weighted by Gasteiger charge is 2.24. The van der Waals surface area contributed by atoms with Crippen molar-refractivity contribution >= 4 is 11.8 Å². The van der Waals surface area contributed by atoms with E-state index in [1.54, 1.807) is 0 Å². The summed E-state index contributed by atoms with van der Waals surface area (Å²) in [4.78, 5) is 1.47. The highest BCUT2D eigenvalue weighted by Crippen LogP contribution is 2.36. The molecule has 1 aromatic rings. The lowest BCUT2D eigenvalue weighted by Gasteiger charge is -2.12. The van der Waals surface area contributed by atoms with Crippen LogP contribution in [0.3, 0.4) is 0 Å². The number of thioether (sulfide) groups is 1. The fourth-order valence-electron chi connectivity index (χ4n) is 2.42. The Morgan fingerprint density at radius 3 is 2.69 bits per heavy atom. The van der Waals surface area contributed by atoms with Gasteiger partial charge in [-0.2, -0.15) is 0 Å². The van der Waals surface area contributed by atoms with Crippen molar-refractivity contribution in [2.75, 3.05) is 7.05 Å². The number of rotatable bonds is 3. The number of hydrogen-bond donors (Lipinski definition) is 1. The van der Waals surface area contributed by atoms with Crippen molar-refractivity contribution in [1.82, 2.24) is 5.32 Å². The zero-order valence-corrected chi connectivity index (χ0v) is 11.2. The number of nitrogens with one attached hydrogen (secondary N) is 1. The summed E-state index contributed by atoms with van der Waals surface area (Å²) in [5, 5.41) is 4.19. The molecule has 0 spiro atoms. The molecule has 0 amide bonds. The second kappa shape index (κ2) is 5.24. The summed E-state index contributed by atoms with van der Waals surface area (Å²) in [6, 6.07) is 7.53. The molecule has 0 radical (unpaired) electrons. The van der Waals surface area contributed by atoms with Crippen molar-refractivity contribution in [3.63, 3.8) is 0 Å². The Kier molecular flexibility index (Phi) is 3.93. The lowest BCUT2D eigenvalue weighted by molar-refractivity contribution is 0.583. The van der Waals surface area contributed by atoms with Crippen molar-refractivity contribution < 1.29 is 0 Å². The van der Waals surface area contributed by atoms with Gasteiger partial charge in [0.25, 0.3) is 0 Å². The minimum Gasteiger partial charge on any atom is -0.317 e. The monoisotopic (exact) mass is 235 g/mol. The second-order valence-corrected chi connectivity index (χ2v) is 6.15. The zero-order chi connectivity index (χ0) is 11.5. The molecule has 0 heterocycles. The third-order valence-electron chi connectivity index (χ3n) is 3.42. The smallest absolute Gasteiger partial charge is 0.0110 e. The molecule has 1 aromatic carbocycles. The average molecular weight is 235 g/mol. The van der Waals surface area contributed by atoms with E-state index in [1.165, 1.54) is 35.3 Å². The van der Waals surface area contributed by atoms with Crippen LogP contribution in [-0.2, 0) is 0 Å². The number of hydrogen-bond acceptors (Lipinski definition) is 2. The molecule has 0 saturated heterocycles. The molecule has 2 unspecified atom stereocenters. The SMILES string of the molecule is CNC1CCC(Sc2ccc(C)cc2C)C1. The first-order valence-electron chi connectivity index (χ1n) is 6.10. The third kappa shape index (κ3) is 2.80. The van der Waals surface area contributed by atoms with Gasteiger partial charge in [-0.15, -0.1) is 11.8 Å². The lowest BCUT2D eigenvalue weighted by atomic mass is 10.2. The molecular formula is C14H21NS. The molecule has 88 valence electrons. The second-order valence-electron chi connectivity index (χ2n) is 4.81. The summed E-state index contributed by atoms with van der Waals surface area (Å²) >= 11 is 2.07. The summed E-state index contributed by atoms with van der Waals surface area (Å²) in [5.74, 6) is 0. The normalized spacial score (nSPS) is 24.9. The van der Waals surface area contributed by atoms with E-state index in [-0.39, 0.29) is 0 Å². The van der Waals surface area contributed by atoms with E-state index < -0.39 is 0 Å². The molecule has 1 fully saturated rings. The summed E-state index contributed by atoms with van der Waals surface area (Å²) in [6.45, 7) is 4.38. The Morgan fingerprint density at radius 2 is 2.06 bits per heavy atom. The van der Waals surface area contributed by atoms with Crippen LogP contribution in [0.2, 0.25) is 0 Å². The quantitative estimate of drug-likeness (QED) is 0.860. The molecule has 0 aliphatic heterocycles. The first-order valence-corrected chi connectivity index (χ1v) is 6.98. The molecule has 1 N–H and O–H groups in total. The maximum Gasteiger partial charge on any atom is 0.0110 e. The molecule has 1 aliphatic carbocycles. The molecule has 16 heavy (non-hydrogen) atoms. The molecule has 0 bridgehead atoms. The predicted molar refractivity (Wildman–Crippen MR) is 72.3 cm³/mol. The highest BCUT2D eigenvalue weighted by atomic mass is 32.2. The Morgan fingerprint density at radius 1 is 1.25 bits per heavy atom. The van der Waals surface area contributed by atoms with E-state index in [1.807, 2.05) is 0 Å². The maximum atomic E-state index is 3.39. The van der Waals surface area contributed by atoms with Crippen LogP contribution in [-0.4, -0.2) is 18.3 Å². The van der Waals surface area contributed by atoms with E-state index in [9.17, 15) is 0 Å². The van der Waals surface area contributed by atoms with Crippen LogP contribution in [0.25, 0.3) is 0 Å². The van der Waals surface area contributed by atoms with E-state index in [0.717, 1.165) is 11.3 Å². The fourth-order valence-corrected chi connectivity index (χ4v) is 3.75. The number of aryl methyl sites for hydroxylation is 2. The van der Waals surface area contributed by atoms with Gasteiger partial charge in [-0.05, 0) is 51.8 Å².